The van der Waals surface area contributed by atoms with Crippen LogP contribution in [0.2, 0.25) is 0 Å². The Labute approximate surface area is 121 Å². The Morgan fingerprint density at radius 1 is 1.00 bits per heavy atom. The van der Waals surface area contributed by atoms with Gasteiger partial charge in [0.15, 0.2) is 6.29 Å². The van der Waals surface area contributed by atoms with E-state index in [0.29, 0.717) is 5.56 Å². The van der Waals surface area contributed by atoms with Gasteiger partial charge in [0.2, 0.25) is 0 Å². The molecule has 0 amide bonds. The Kier molecular flexibility index (Phi) is 2.57. The molecule has 0 spiro atoms. The molecule has 2 heterocycles. The number of nitrogens with one attached hydrogen (secondary N) is 1. The van der Waals surface area contributed by atoms with Crippen molar-refractivity contribution in [1.82, 2.24) is 9.97 Å². The van der Waals surface area contributed by atoms with E-state index in [1.807, 2.05) is 30.5 Å². The minimum Gasteiger partial charge on any atom is -0.345 e. The normalized spacial score (nSPS) is 11.0. The molecule has 21 heavy (non-hydrogen) atoms. The Morgan fingerprint density at radius 2 is 1.86 bits per heavy atom. The Bertz CT molecular complexity index is 964. The van der Waals surface area contributed by atoms with Gasteiger partial charge in [0.1, 0.15) is 5.65 Å². The van der Waals surface area contributed by atoms with Crippen molar-refractivity contribution >= 4 is 28.1 Å². The van der Waals surface area contributed by atoms with Gasteiger partial charge in [0.25, 0.3) is 0 Å². The van der Waals surface area contributed by atoms with E-state index in [0.717, 1.165) is 28.4 Å². The highest BCUT2D eigenvalue weighted by Gasteiger charge is 2.08. The molecule has 0 saturated carbocycles. The number of aromatic amines is 1. The molecule has 100 valence electrons. The van der Waals surface area contributed by atoms with Crippen molar-refractivity contribution in [3.05, 3.63) is 66.5 Å². The number of carbonyl (C=O) groups excluding carboxylic acids is 1. The summed E-state index contributed by atoms with van der Waals surface area (Å²) in [7, 11) is 0. The third-order valence-corrected chi connectivity index (χ3v) is 3.79. The first kappa shape index (κ1) is 11.9. The van der Waals surface area contributed by atoms with Gasteiger partial charge in [-0.05, 0) is 22.4 Å². The van der Waals surface area contributed by atoms with Gasteiger partial charge in [-0.2, -0.15) is 0 Å². The van der Waals surface area contributed by atoms with Crippen LogP contribution in [0.15, 0.2) is 60.9 Å². The maximum absolute atomic E-state index is 11.1. The fourth-order valence-corrected chi connectivity index (χ4v) is 2.75. The predicted molar refractivity (Wildman–Crippen MR) is 84.4 cm³/mol. The highest BCUT2D eigenvalue weighted by molar-refractivity contribution is 6.01. The molecule has 3 nitrogen and oxygen atoms in total. The third-order valence-electron chi connectivity index (χ3n) is 3.79. The largest absolute Gasteiger partial charge is 0.345 e. The molecule has 4 rings (SSSR count). The van der Waals surface area contributed by atoms with E-state index < -0.39 is 0 Å². The molecule has 0 aliphatic carbocycles. The third kappa shape index (κ3) is 1.82. The quantitative estimate of drug-likeness (QED) is 0.556. The number of nitrogens with zero attached hydrogens (tertiary/aromatic N) is 1. The van der Waals surface area contributed by atoms with E-state index >= 15 is 0 Å². The lowest BCUT2D eigenvalue weighted by Gasteiger charge is -2.06. The molecule has 0 bridgehead atoms. The van der Waals surface area contributed by atoms with Gasteiger partial charge in [-0.1, -0.05) is 42.5 Å². The Hall–Kier alpha value is -2.94. The Balaban J connectivity index is 2.02. The van der Waals surface area contributed by atoms with Crippen LogP contribution in [0, 0.1) is 0 Å². The summed E-state index contributed by atoms with van der Waals surface area (Å²) in [5.74, 6) is 0. The van der Waals surface area contributed by atoms with Gasteiger partial charge < -0.3 is 4.98 Å². The number of aromatic nitrogens is 2. The van der Waals surface area contributed by atoms with Gasteiger partial charge in [-0.25, -0.2) is 4.98 Å². The number of fused-ring (bicyclic) bond motifs is 2. The average molecular weight is 272 g/mol. The van der Waals surface area contributed by atoms with Crippen molar-refractivity contribution in [2.75, 3.05) is 0 Å². The van der Waals surface area contributed by atoms with E-state index in [1.54, 1.807) is 6.20 Å². The standard InChI is InChI=1S/C18H12N2O/c21-11-14-10-20-18-17(14)8-13(9-19-18)16-7-3-5-12-4-1-2-6-15(12)16/h1-11H,(H,19,20). The van der Waals surface area contributed by atoms with E-state index in [4.69, 9.17) is 0 Å². The molecule has 0 atom stereocenters. The summed E-state index contributed by atoms with van der Waals surface area (Å²) in [5.41, 5.74) is 3.52. The minimum absolute atomic E-state index is 0.639. The van der Waals surface area contributed by atoms with E-state index in [-0.39, 0.29) is 0 Å². The molecule has 2 aromatic heterocycles. The molecule has 1 N–H and O–H groups in total. The predicted octanol–water partition coefficient (Wildman–Crippen LogP) is 4.20. The lowest BCUT2D eigenvalue weighted by atomic mass is 9.99. The van der Waals surface area contributed by atoms with Gasteiger partial charge in [0, 0.05) is 28.9 Å². The van der Waals surface area contributed by atoms with Crippen molar-refractivity contribution in [1.29, 1.82) is 0 Å². The summed E-state index contributed by atoms with van der Waals surface area (Å²) in [6, 6.07) is 16.5. The number of hydrogen-bond donors (Lipinski definition) is 1. The first-order chi connectivity index (χ1) is 10.4. The van der Waals surface area contributed by atoms with E-state index in [2.05, 4.69) is 34.2 Å². The summed E-state index contributed by atoms with van der Waals surface area (Å²) in [6.07, 6.45) is 4.39. The maximum Gasteiger partial charge on any atom is 0.152 e. The zero-order valence-electron chi connectivity index (χ0n) is 11.2. The van der Waals surface area contributed by atoms with Crippen LogP contribution in [0.4, 0.5) is 0 Å². The van der Waals surface area contributed by atoms with Crippen LogP contribution in [0.25, 0.3) is 32.9 Å². The van der Waals surface area contributed by atoms with Crippen molar-refractivity contribution in [2.45, 2.75) is 0 Å². The number of rotatable bonds is 2. The first-order valence-corrected chi connectivity index (χ1v) is 6.77. The zero-order valence-corrected chi connectivity index (χ0v) is 11.2. The number of carbonyl (C=O) groups is 1. The smallest absolute Gasteiger partial charge is 0.152 e. The van der Waals surface area contributed by atoms with Crippen molar-refractivity contribution in [2.24, 2.45) is 0 Å². The molecule has 0 aliphatic heterocycles. The molecular weight excluding hydrogens is 260 g/mol. The van der Waals surface area contributed by atoms with Crippen LogP contribution in [0.1, 0.15) is 10.4 Å². The van der Waals surface area contributed by atoms with Crippen LogP contribution in [-0.4, -0.2) is 16.3 Å². The summed E-state index contributed by atoms with van der Waals surface area (Å²) in [6.45, 7) is 0. The van der Waals surface area contributed by atoms with Crippen LogP contribution in [-0.2, 0) is 0 Å². The number of H-pyrrole nitrogens is 1. The second-order valence-electron chi connectivity index (χ2n) is 5.01. The molecular formula is C18H12N2O. The maximum atomic E-state index is 11.1. The summed E-state index contributed by atoms with van der Waals surface area (Å²) < 4.78 is 0. The molecule has 0 unspecified atom stereocenters. The van der Waals surface area contributed by atoms with Crippen LogP contribution >= 0.6 is 0 Å². The van der Waals surface area contributed by atoms with Gasteiger partial charge in [-0.15, -0.1) is 0 Å². The van der Waals surface area contributed by atoms with Crippen molar-refractivity contribution in [3.8, 4) is 11.1 Å². The second kappa shape index (κ2) is 4.56. The average Bonchev–Trinajstić information content (AvgIpc) is 2.96. The van der Waals surface area contributed by atoms with Gasteiger partial charge in [-0.3, -0.25) is 4.79 Å². The number of hydrogen-bond acceptors (Lipinski definition) is 2. The molecule has 0 aliphatic rings. The van der Waals surface area contributed by atoms with Gasteiger partial charge in [0.05, 0.1) is 0 Å². The van der Waals surface area contributed by atoms with Crippen molar-refractivity contribution in [3.63, 3.8) is 0 Å². The second-order valence-corrected chi connectivity index (χ2v) is 5.01. The fraction of sp³-hybridized carbons (Fsp3) is 0. The number of aldehydes is 1. The van der Waals surface area contributed by atoms with E-state index in [1.165, 1.54) is 10.8 Å². The summed E-state index contributed by atoms with van der Waals surface area (Å²) >= 11 is 0. The molecule has 3 heteroatoms. The molecule has 0 saturated heterocycles. The highest BCUT2D eigenvalue weighted by Crippen LogP contribution is 2.30. The first-order valence-electron chi connectivity index (χ1n) is 6.77. The topological polar surface area (TPSA) is 45.8 Å². The van der Waals surface area contributed by atoms with Crippen LogP contribution < -0.4 is 0 Å². The summed E-state index contributed by atoms with van der Waals surface area (Å²) in [4.78, 5) is 18.5. The number of benzene rings is 2. The zero-order chi connectivity index (χ0) is 14.2. The molecule has 0 fully saturated rings. The molecule has 2 aromatic carbocycles. The lowest BCUT2D eigenvalue weighted by molar-refractivity contribution is 0.112. The number of pyridine rings is 1. The lowest BCUT2D eigenvalue weighted by Crippen LogP contribution is -1.85. The van der Waals surface area contributed by atoms with Crippen LogP contribution in [0.5, 0.6) is 0 Å². The Morgan fingerprint density at radius 3 is 2.76 bits per heavy atom. The van der Waals surface area contributed by atoms with Crippen LogP contribution in [0.3, 0.4) is 0 Å². The van der Waals surface area contributed by atoms with E-state index in [9.17, 15) is 4.79 Å². The molecule has 4 aromatic rings. The summed E-state index contributed by atoms with van der Waals surface area (Å²) in [5, 5.41) is 3.24. The SMILES string of the molecule is O=Cc1c[nH]c2ncc(-c3cccc4ccccc34)cc12. The monoisotopic (exact) mass is 272 g/mol. The molecule has 0 radical (unpaired) electrons. The fourth-order valence-electron chi connectivity index (χ4n) is 2.75. The van der Waals surface area contributed by atoms with Crippen molar-refractivity contribution < 1.29 is 4.79 Å². The minimum atomic E-state index is 0.639. The highest BCUT2D eigenvalue weighted by atomic mass is 16.1. The van der Waals surface area contributed by atoms with Gasteiger partial charge >= 0.3 is 0 Å².